The summed E-state index contributed by atoms with van der Waals surface area (Å²) in [4.78, 5) is 4.03. The highest BCUT2D eigenvalue weighted by Crippen LogP contribution is 2.26. The second kappa shape index (κ2) is 4.45. The Morgan fingerprint density at radius 2 is 2.24 bits per heavy atom. The SMILES string of the molecule is NCc1ccc(-c2csc(NS(N)(=O)=O)n2)o1. The smallest absolute Gasteiger partial charge is 0.298 e. The van der Waals surface area contributed by atoms with Gasteiger partial charge in [0.15, 0.2) is 10.9 Å². The van der Waals surface area contributed by atoms with Gasteiger partial charge in [0, 0.05) is 5.38 Å². The molecule has 92 valence electrons. The van der Waals surface area contributed by atoms with Crippen molar-refractivity contribution in [3.8, 4) is 11.5 Å². The zero-order valence-corrected chi connectivity index (χ0v) is 10.2. The first-order valence-corrected chi connectivity index (χ1v) is 6.96. The standard InChI is InChI=1S/C8H10N4O3S2/c9-3-5-1-2-7(15-5)6-4-16-8(11-6)12-17(10,13)14/h1-2,4H,3,9H2,(H,11,12)(H2,10,13,14). The van der Waals surface area contributed by atoms with E-state index in [1.54, 1.807) is 17.5 Å². The quantitative estimate of drug-likeness (QED) is 0.747. The third-order valence-electron chi connectivity index (χ3n) is 1.85. The van der Waals surface area contributed by atoms with Crippen LogP contribution in [0.1, 0.15) is 5.76 Å². The predicted octanol–water partition coefficient (Wildman–Crippen LogP) is 0.477. The van der Waals surface area contributed by atoms with E-state index < -0.39 is 10.2 Å². The number of aromatic nitrogens is 1. The van der Waals surface area contributed by atoms with Crippen LogP contribution in [0.2, 0.25) is 0 Å². The molecule has 0 radical (unpaired) electrons. The second-order valence-electron chi connectivity index (χ2n) is 3.16. The van der Waals surface area contributed by atoms with Crippen molar-refractivity contribution < 1.29 is 12.8 Å². The Kier molecular flexibility index (Phi) is 3.15. The van der Waals surface area contributed by atoms with Crippen LogP contribution in [0.3, 0.4) is 0 Å². The first kappa shape index (κ1) is 12.0. The second-order valence-corrected chi connectivity index (χ2v) is 5.31. The number of rotatable bonds is 4. The Balaban J connectivity index is 2.23. The Bertz CT molecular complexity index is 616. The molecule has 0 aliphatic rings. The summed E-state index contributed by atoms with van der Waals surface area (Å²) in [6.07, 6.45) is 0. The van der Waals surface area contributed by atoms with Crippen LogP contribution in [-0.4, -0.2) is 13.4 Å². The van der Waals surface area contributed by atoms with Gasteiger partial charge in [0.25, 0.3) is 10.2 Å². The van der Waals surface area contributed by atoms with Gasteiger partial charge >= 0.3 is 0 Å². The molecule has 0 unspecified atom stereocenters. The number of hydrogen-bond donors (Lipinski definition) is 3. The summed E-state index contributed by atoms with van der Waals surface area (Å²) in [5.74, 6) is 1.16. The summed E-state index contributed by atoms with van der Waals surface area (Å²) < 4.78 is 29.0. The van der Waals surface area contributed by atoms with Gasteiger partial charge in [-0.05, 0) is 12.1 Å². The maximum Gasteiger partial charge on any atom is 0.298 e. The summed E-state index contributed by atoms with van der Waals surface area (Å²) in [6, 6.07) is 3.46. The third kappa shape index (κ3) is 3.03. The molecular formula is C8H10N4O3S2. The third-order valence-corrected chi connectivity index (χ3v) is 3.21. The zero-order valence-electron chi connectivity index (χ0n) is 8.58. The number of furan rings is 1. The van der Waals surface area contributed by atoms with Crippen molar-refractivity contribution in [2.45, 2.75) is 6.54 Å². The monoisotopic (exact) mass is 274 g/mol. The van der Waals surface area contributed by atoms with Crippen LogP contribution in [0.15, 0.2) is 21.9 Å². The van der Waals surface area contributed by atoms with Crippen molar-refractivity contribution in [3.63, 3.8) is 0 Å². The molecule has 0 saturated carbocycles. The minimum Gasteiger partial charge on any atom is -0.458 e. The minimum absolute atomic E-state index is 0.188. The molecule has 0 fully saturated rings. The fourth-order valence-electron chi connectivity index (χ4n) is 1.18. The molecule has 0 aromatic carbocycles. The topological polar surface area (TPSA) is 124 Å². The fourth-order valence-corrected chi connectivity index (χ4v) is 2.55. The maximum absolute atomic E-state index is 10.8. The van der Waals surface area contributed by atoms with Gasteiger partial charge in [0.1, 0.15) is 11.5 Å². The van der Waals surface area contributed by atoms with E-state index in [-0.39, 0.29) is 5.13 Å². The van der Waals surface area contributed by atoms with E-state index in [1.807, 2.05) is 0 Å². The Morgan fingerprint density at radius 1 is 1.47 bits per heavy atom. The van der Waals surface area contributed by atoms with Gasteiger partial charge in [-0.15, -0.1) is 11.3 Å². The number of thiazole rings is 1. The molecule has 0 saturated heterocycles. The molecule has 7 nitrogen and oxygen atoms in total. The van der Waals surface area contributed by atoms with E-state index in [0.717, 1.165) is 11.3 Å². The first-order valence-electron chi connectivity index (χ1n) is 4.53. The van der Waals surface area contributed by atoms with Crippen LogP contribution < -0.4 is 15.6 Å². The van der Waals surface area contributed by atoms with Gasteiger partial charge in [-0.1, -0.05) is 0 Å². The lowest BCUT2D eigenvalue weighted by Gasteiger charge is -1.96. The van der Waals surface area contributed by atoms with Crippen molar-refractivity contribution in [1.29, 1.82) is 0 Å². The van der Waals surface area contributed by atoms with Crippen molar-refractivity contribution in [2.75, 3.05) is 4.72 Å². The molecule has 17 heavy (non-hydrogen) atoms. The lowest BCUT2D eigenvalue weighted by Crippen LogP contribution is -2.21. The van der Waals surface area contributed by atoms with E-state index >= 15 is 0 Å². The van der Waals surface area contributed by atoms with Crippen LogP contribution in [0.4, 0.5) is 5.13 Å². The van der Waals surface area contributed by atoms with E-state index in [1.165, 1.54) is 0 Å². The molecule has 0 aliphatic carbocycles. The molecule has 2 rings (SSSR count). The predicted molar refractivity (Wildman–Crippen MR) is 64.4 cm³/mol. The molecule has 0 atom stereocenters. The Morgan fingerprint density at radius 3 is 2.82 bits per heavy atom. The molecule has 2 aromatic rings. The average Bonchev–Trinajstić information content (AvgIpc) is 2.82. The highest BCUT2D eigenvalue weighted by molar-refractivity contribution is 7.90. The molecule has 5 N–H and O–H groups in total. The lowest BCUT2D eigenvalue weighted by molar-refractivity contribution is 0.524. The number of anilines is 1. The van der Waals surface area contributed by atoms with E-state index in [4.69, 9.17) is 15.3 Å². The summed E-state index contributed by atoms with van der Waals surface area (Å²) >= 11 is 1.12. The Labute approximate surface area is 102 Å². The summed E-state index contributed by atoms with van der Waals surface area (Å²) in [6.45, 7) is 0.298. The first-order chi connectivity index (χ1) is 7.98. The van der Waals surface area contributed by atoms with Crippen LogP contribution in [-0.2, 0) is 16.8 Å². The van der Waals surface area contributed by atoms with Crippen molar-refractivity contribution in [1.82, 2.24) is 4.98 Å². The van der Waals surface area contributed by atoms with E-state index in [2.05, 4.69) is 9.71 Å². The summed E-state index contributed by atoms with van der Waals surface area (Å²) in [7, 11) is -3.80. The molecule has 2 heterocycles. The van der Waals surface area contributed by atoms with Gasteiger partial charge in [0.05, 0.1) is 6.54 Å². The Hall–Kier alpha value is -1.42. The number of hydrogen-bond acceptors (Lipinski definition) is 6. The van der Waals surface area contributed by atoms with Crippen molar-refractivity contribution in [3.05, 3.63) is 23.3 Å². The molecule has 0 bridgehead atoms. The van der Waals surface area contributed by atoms with E-state index in [0.29, 0.717) is 23.8 Å². The number of nitrogens with zero attached hydrogens (tertiary/aromatic N) is 1. The number of nitrogens with two attached hydrogens (primary N) is 2. The summed E-state index contributed by atoms with van der Waals surface area (Å²) in [5, 5.41) is 6.68. The molecule has 0 aliphatic heterocycles. The molecule has 9 heteroatoms. The van der Waals surface area contributed by atoms with Gasteiger partial charge in [0.2, 0.25) is 0 Å². The maximum atomic E-state index is 10.8. The largest absolute Gasteiger partial charge is 0.458 e. The van der Waals surface area contributed by atoms with Crippen molar-refractivity contribution >= 4 is 26.7 Å². The van der Waals surface area contributed by atoms with Gasteiger partial charge in [-0.2, -0.15) is 8.42 Å². The summed E-state index contributed by atoms with van der Waals surface area (Å²) in [5.41, 5.74) is 5.94. The highest BCUT2D eigenvalue weighted by atomic mass is 32.2. The average molecular weight is 274 g/mol. The van der Waals surface area contributed by atoms with Gasteiger partial charge in [-0.3, -0.25) is 0 Å². The zero-order chi connectivity index (χ0) is 12.5. The lowest BCUT2D eigenvalue weighted by atomic mass is 10.3. The van der Waals surface area contributed by atoms with Crippen LogP contribution in [0.5, 0.6) is 0 Å². The normalized spacial score (nSPS) is 11.6. The highest BCUT2D eigenvalue weighted by Gasteiger charge is 2.11. The van der Waals surface area contributed by atoms with Crippen LogP contribution in [0, 0.1) is 0 Å². The molecule has 0 spiro atoms. The minimum atomic E-state index is -3.80. The van der Waals surface area contributed by atoms with Crippen LogP contribution >= 0.6 is 11.3 Å². The van der Waals surface area contributed by atoms with Crippen LogP contribution in [0.25, 0.3) is 11.5 Å². The molecule has 2 aromatic heterocycles. The van der Waals surface area contributed by atoms with Gasteiger partial charge in [-0.25, -0.2) is 14.8 Å². The molecular weight excluding hydrogens is 264 g/mol. The van der Waals surface area contributed by atoms with Crippen molar-refractivity contribution in [2.24, 2.45) is 10.9 Å². The number of nitrogens with one attached hydrogen (secondary N) is 1. The van der Waals surface area contributed by atoms with E-state index in [9.17, 15) is 8.42 Å². The molecule has 0 amide bonds. The van der Waals surface area contributed by atoms with Gasteiger partial charge < -0.3 is 10.2 Å². The fraction of sp³-hybridized carbons (Fsp3) is 0.125.